The van der Waals surface area contributed by atoms with Gasteiger partial charge in [0.1, 0.15) is 0 Å². The van der Waals surface area contributed by atoms with Crippen LogP contribution in [-0.2, 0) is 0 Å². The molecule has 0 aliphatic rings. The van der Waals surface area contributed by atoms with Crippen LogP contribution in [0.1, 0.15) is 26.3 Å². The lowest BCUT2D eigenvalue weighted by Gasteiger charge is -2.07. The van der Waals surface area contributed by atoms with Crippen molar-refractivity contribution in [1.82, 2.24) is 0 Å². The van der Waals surface area contributed by atoms with Crippen LogP contribution in [0.2, 0.25) is 5.02 Å². The largest absolute Gasteiger partial charge is 0.478 e. The Balaban J connectivity index is 2.21. The van der Waals surface area contributed by atoms with Crippen molar-refractivity contribution in [3.8, 4) is 0 Å². The van der Waals surface area contributed by atoms with E-state index in [1.54, 1.807) is 24.3 Å². The van der Waals surface area contributed by atoms with Gasteiger partial charge in [0.05, 0.1) is 5.56 Å². The predicted molar refractivity (Wildman–Crippen MR) is 77.5 cm³/mol. The Kier molecular flexibility index (Phi) is 4.05. The van der Waals surface area contributed by atoms with Gasteiger partial charge in [-0.1, -0.05) is 23.7 Å². The second-order valence-electron chi connectivity index (χ2n) is 4.30. The Bertz CT molecular complexity index is 683. The number of anilines is 1. The first-order valence-electron chi connectivity index (χ1n) is 5.88. The van der Waals surface area contributed by atoms with Gasteiger partial charge in [-0.25, -0.2) is 4.79 Å². The molecule has 5 heteroatoms. The Morgan fingerprint density at radius 1 is 1.10 bits per heavy atom. The van der Waals surface area contributed by atoms with Crippen LogP contribution in [0.4, 0.5) is 5.69 Å². The van der Waals surface area contributed by atoms with Crippen LogP contribution in [0.3, 0.4) is 0 Å². The van der Waals surface area contributed by atoms with Crippen LogP contribution < -0.4 is 5.32 Å². The third-order valence-corrected chi connectivity index (χ3v) is 3.21. The van der Waals surface area contributed by atoms with E-state index in [1.807, 2.05) is 6.92 Å². The van der Waals surface area contributed by atoms with Gasteiger partial charge in [0.2, 0.25) is 0 Å². The van der Waals surface area contributed by atoms with E-state index in [9.17, 15) is 9.59 Å². The number of carboxylic acids is 1. The molecule has 2 aromatic carbocycles. The summed E-state index contributed by atoms with van der Waals surface area (Å²) in [5.74, 6) is -1.45. The van der Waals surface area contributed by atoms with Gasteiger partial charge in [-0.3, -0.25) is 4.79 Å². The quantitative estimate of drug-likeness (QED) is 0.907. The first kappa shape index (κ1) is 14.1. The predicted octanol–water partition coefficient (Wildman–Crippen LogP) is 3.60. The zero-order valence-corrected chi connectivity index (χ0v) is 11.4. The molecule has 0 aliphatic carbocycles. The molecule has 20 heavy (non-hydrogen) atoms. The van der Waals surface area contributed by atoms with Crippen molar-refractivity contribution in [2.75, 3.05) is 5.32 Å². The van der Waals surface area contributed by atoms with Gasteiger partial charge in [-0.05, 0) is 42.8 Å². The summed E-state index contributed by atoms with van der Waals surface area (Å²) in [7, 11) is 0. The molecule has 2 aromatic rings. The average Bonchev–Trinajstić information content (AvgIpc) is 2.43. The first-order chi connectivity index (χ1) is 9.47. The molecule has 0 unspecified atom stereocenters. The number of amides is 1. The maximum Gasteiger partial charge on any atom is 0.335 e. The third kappa shape index (κ3) is 3.16. The lowest BCUT2D eigenvalue weighted by atomic mass is 10.1. The van der Waals surface area contributed by atoms with Crippen LogP contribution in [0.15, 0.2) is 42.5 Å². The highest BCUT2D eigenvalue weighted by atomic mass is 35.5. The summed E-state index contributed by atoms with van der Waals surface area (Å²) < 4.78 is 0. The normalized spacial score (nSPS) is 10.1. The SMILES string of the molecule is Cc1ccc(NC(=O)c2cccc(C(=O)O)c2)cc1Cl. The fraction of sp³-hybridized carbons (Fsp3) is 0.0667. The maximum atomic E-state index is 12.0. The minimum Gasteiger partial charge on any atom is -0.478 e. The highest BCUT2D eigenvalue weighted by Gasteiger charge is 2.10. The summed E-state index contributed by atoms with van der Waals surface area (Å²) >= 11 is 5.98. The van der Waals surface area contributed by atoms with Crippen LogP contribution in [0, 0.1) is 6.92 Å². The molecule has 1 amide bonds. The summed E-state index contributed by atoms with van der Waals surface area (Å²) in [4.78, 5) is 22.9. The molecule has 0 spiro atoms. The van der Waals surface area contributed by atoms with E-state index in [0.717, 1.165) is 5.56 Å². The molecule has 0 atom stereocenters. The van der Waals surface area contributed by atoms with Crippen molar-refractivity contribution in [3.63, 3.8) is 0 Å². The lowest BCUT2D eigenvalue weighted by Crippen LogP contribution is -2.12. The standard InChI is InChI=1S/C15H12ClNO3/c1-9-5-6-12(8-13(9)16)17-14(18)10-3-2-4-11(7-10)15(19)20/h2-8H,1H3,(H,17,18)(H,19,20). The lowest BCUT2D eigenvalue weighted by molar-refractivity contribution is 0.0697. The molecule has 2 rings (SSSR count). The Labute approximate surface area is 121 Å². The Hall–Kier alpha value is -2.33. The molecule has 0 radical (unpaired) electrons. The van der Waals surface area contributed by atoms with Crippen molar-refractivity contribution < 1.29 is 14.7 Å². The molecule has 0 bridgehead atoms. The van der Waals surface area contributed by atoms with Crippen LogP contribution in [0.5, 0.6) is 0 Å². The molecule has 0 saturated heterocycles. The van der Waals surface area contributed by atoms with Crippen molar-refractivity contribution in [2.45, 2.75) is 6.92 Å². The average molecular weight is 290 g/mol. The van der Waals surface area contributed by atoms with E-state index in [1.165, 1.54) is 18.2 Å². The molecule has 2 N–H and O–H groups in total. The van der Waals surface area contributed by atoms with Gasteiger partial charge >= 0.3 is 5.97 Å². The van der Waals surface area contributed by atoms with Crippen LogP contribution in [0.25, 0.3) is 0 Å². The molecular formula is C15H12ClNO3. The second kappa shape index (κ2) is 5.75. The van der Waals surface area contributed by atoms with Gasteiger partial charge in [0.15, 0.2) is 0 Å². The fourth-order valence-corrected chi connectivity index (χ4v) is 1.85. The van der Waals surface area contributed by atoms with E-state index in [0.29, 0.717) is 10.7 Å². The molecule has 0 saturated carbocycles. The highest BCUT2D eigenvalue weighted by molar-refractivity contribution is 6.31. The summed E-state index contributed by atoms with van der Waals surface area (Å²) in [5, 5.41) is 12.1. The molecule has 102 valence electrons. The number of benzene rings is 2. The summed E-state index contributed by atoms with van der Waals surface area (Å²) in [5.41, 5.74) is 1.82. The minimum atomic E-state index is -1.07. The monoisotopic (exact) mass is 289 g/mol. The molecule has 0 aliphatic heterocycles. The van der Waals surface area contributed by atoms with Crippen LogP contribution in [-0.4, -0.2) is 17.0 Å². The summed E-state index contributed by atoms with van der Waals surface area (Å²) in [6, 6.07) is 11.0. The van der Waals surface area contributed by atoms with Gasteiger partial charge < -0.3 is 10.4 Å². The number of halogens is 1. The summed E-state index contributed by atoms with van der Waals surface area (Å²) in [6.07, 6.45) is 0. The number of hydrogen-bond donors (Lipinski definition) is 2. The number of aromatic carboxylic acids is 1. The van der Waals surface area contributed by atoms with E-state index >= 15 is 0 Å². The molecular weight excluding hydrogens is 278 g/mol. The van der Waals surface area contributed by atoms with E-state index in [2.05, 4.69) is 5.32 Å². The van der Waals surface area contributed by atoms with Gasteiger partial charge in [-0.2, -0.15) is 0 Å². The van der Waals surface area contributed by atoms with Gasteiger partial charge in [0, 0.05) is 16.3 Å². The van der Waals surface area contributed by atoms with Crippen molar-refractivity contribution in [3.05, 3.63) is 64.2 Å². The minimum absolute atomic E-state index is 0.0691. The number of hydrogen-bond acceptors (Lipinski definition) is 2. The number of carbonyl (C=O) groups excluding carboxylic acids is 1. The van der Waals surface area contributed by atoms with E-state index in [4.69, 9.17) is 16.7 Å². The molecule has 4 nitrogen and oxygen atoms in total. The molecule has 0 heterocycles. The maximum absolute atomic E-state index is 12.0. The Morgan fingerprint density at radius 2 is 1.80 bits per heavy atom. The van der Waals surface area contributed by atoms with Crippen LogP contribution >= 0.6 is 11.6 Å². The zero-order chi connectivity index (χ0) is 14.7. The number of carboxylic acid groups (broad SMARTS) is 1. The van der Waals surface area contributed by atoms with E-state index < -0.39 is 5.97 Å². The third-order valence-electron chi connectivity index (χ3n) is 2.80. The summed E-state index contributed by atoms with van der Waals surface area (Å²) in [6.45, 7) is 1.87. The van der Waals surface area contributed by atoms with Gasteiger partial charge in [0.25, 0.3) is 5.91 Å². The van der Waals surface area contributed by atoms with Gasteiger partial charge in [-0.15, -0.1) is 0 Å². The number of carbonyl (C=O) groups is 2. The molecule has 0 aromatic heterocycles. The van der Waals surface area contributed by atoms with Crippen molar-refractivity contribution >= 4 is 29.2 Å². The fourth-order valence-electron chi connectivity index (χ4n) is 1.67. The number of aryl methyl sites for hydroxylation is 1. The number of nitrogens with one attached hydrogen (secondary N) is 1. The highest BCUT2D eigenvalue weighted by Crippen LogP contribution is 2.20. The number of rotatable bonds is 3. The van der Waals surface area contributed by atoms with Crippen molar-refractivity contribution in [1.29, 1.82) is 0 Å². The molecule has 0 fully saturated rings. The van der Waals surface area contributed by atoms with E-state index in [-0.39, 0.29) is 17.0 Å². The second-order valence-corrected chi connectivity index (χ2v) is 4.71. The zero-order valence-electron chi connectivity index (χ0n) is 10.7. The topological polar surface area (TPSA) is 66.4 Å². The Morgan fingerprint density at radius 3 is 2.45 bits per heavy atom. The smallest absolute Gasteiger partial charge is 0.335 e. The van der Waals surface area contributed by atoms with Crippen molar-refractivity contribution in [2.24, 2.45) is 0 Å². The first-order valence-corrected chi connectivity index (χ1v) is 6.26.